The van der Waals surface area contributed by atoms with Gasteiger partial charge in [-0.3, -0.25) is 19.6 Å². The summed E-state index contributed by atoms with van der Waals surface area (Å²) in [5, 5.41) is 19.6. The average molecular weight is 871 g/mol. The summed E-state index contributed by atoms with van der Waals surface area (Å²) in [6, 6.07) is 8.07. The summed E-state index contributed by atoms with van der Waals surface area (Å²) in [5.74, 6) is -2.20. The van der Waals surface area contributed by atoms with Crippen LogP contribution in [0.25, 0.3) is 33.4 Å². The van der Waals surface area contributed by atoms with Crippen molar-refractivity contribution in [3.8, 4) is 22.5 Å². The minimum absolute atomic E-state index is 0.0140. The number of benzene rings is 1. The normalized spacial score (nSPS) is 21.9. The standard InChI is InChI=1S/C46H62N8O7S/c1-9-53-36-17-16-30-23-32(36)33(40(53)31-15-13-19-47-38(31)29(4)60-8)25-45(5,6)27-61-43(57)46(59)18-14-22-54(50-46)42(56)34(24-37-48-35(30)26-62-37)49-41(55)39(28(2)3)51(7)44(58)52-20-11-10-12-21-52/h13,15-17,19,23,26,28-29,34,39,50,59H,9-12,14,18,20-22,24-25,27H2,1-8H3,(H,49,55)/t29-,34-,39-,46-/m0/s1. The maximum absolute atomic E-state index is 14.6. The van der Waals surface area contributed by atoms with E-state index in [1.807, 2.05) is 46.1 Å². The van der Waals surface area contributed by atoms with Crippen LogP contribution in [0.5, 0.6) is 0 Å². The van der Waals surface area contributed by atoms with Gasteiger partial charge in [-0.1, -0.05) is 33.8 Å². The molecule has 334 valence electrons. The number of piperidine rings is 1. The first-order chi connectivity index (χ1) is 29.6. The summed E-state index contributed by atoms with van der Waals surface area (Å²) < 4.78 is 14.0. The number of cyclic esters (lactones) is 1. The van der Waals surface area contributed by atoms with Gasteiger partial charge in [0.1, 0.15) is 12.1 Å². The summed E-state index contributed by atoms with van der Waals surface area (Å²) in [6.07, 6.45) is 5.23. The largest absolute Gasteiger partial charge is 0.462 e. The molecular weight excluding hydrogens is 809 g/mol. The van der Waals surface area contributed by atoms with E-state index in [0.717, 1.165) is 63.9 Å². The molecule has 3 aliphatic heterocycles. The molecule has 7 rings (SSSR count). The van der Waals surface area contributed by atoms with Crippen LogP contribution in [0.2, 0.25) is 0 Å². The maximum Gasteiger partial charge on any atom is 0.355 e. The highest BCUT2D eigenvalue weighted by molar-refractivity contribution is 7.10. The smallest absolute Gasteiger partial charge is 0.355 e. The van der Waals surface area contributed by atoms with Gasteiger partial charge >= 0.3 is 12.0 Å². The lowest BCUT2D eigenvalue weighted by molar-refractivity contribution is -0.189. The van der Waals surface area contributed by atoms with E-state index in [9.17, 15) is 24.3 Å². The van der Waals surface area contributed by atoms with Gasteiger partial charge in [0.15, 0.2) is 0 Å². The van der Waals surface area contributed by atoms with Crippen molar-refractivity contribution < 1.29 is 33.8 Å². The minimum atomic E-state index is -2.20. The second-order valence-electron chi connectivity index (χ2n) is 18.1. The number of nitrogens with one attached hydrogen (secondary N) is 2. The minimum Gasteiger partial charge on any atom is -0.462 e. The van der Waals surface area contributed by atoms with Crippen LogP contribution in [0.4, 0.5) is 4.79 Å². The van der Waals surface area contributed by atoms with Crippen molar-refractivity contribution in [2.24, 2.45) is 11.3 Å². The fourth-order valence-corrected chi connectivity index (χ4v) is 10.1. The summed E-state index contributed by atoms with van der Waals surface area (Å²) >= 11 is 1.38. The topological polar surface area (TPSA) is 171 Å². The molecule has 3 aliphatic rings. The Labute approximate surface area is 368 Å². The number of hydrogen-bond acceptors (Lipinski definition) is 11. The van der Waals surface area contributed by atoms with Crippen LogP contribution in [0, 0.1) is 11.3 Å². The number of likely N-dealkylation sites (N-methyl/N-ethyl adjacent to an activating group) is 1. The number of amides is 4. The number of ether oxygens (including phenoxy) is 2. The van der Waals surface area contributed by atoms with Crippen molar-refractivity contribution in [1.29, 1.82) is 0 Å². The average Bonchev–Trinajstić information content (AvgIpc) is 3.85. The van der Waals surface area contributed by atoms with Crippen LogP contribution in [-0.4, -0.2) is 116 Å². The van der Waals surface area contributed by atoms with Gasteiger partial charge in [0.05, 0.1) is 34.8 Å². The lowest BCUT2D eigenvalue weighted by Crippen LogP contribution is -2.67. The van der Waals surface area contributed by atoms with E-state index in [4.69, 9.17) is 19.4 Å². The second-order valence-corrected chi connectivity index (χ2v) is 19.1. The summed E-state index contributed by atoms with van der Waals surface area (Å²) in [7, 11) is 3.31. The number of likely N-dealkylation sites (tertiary alicyclic amines) is 1. The number of esters is 1. The Hall–Kier alpha value is -4.90. The lowest BCUT2D eigenvalue weighted by atomic mass is 9.84. The number of hydrazine groups is 1. The van der Waals surface area contributed by atoms with E-state index in [1.54, 1.807) is 25.3 Å². The number of nitrogens with zero attached hydrogens (tertiary/aromatic N) is 6. The summed E-state index contributed by atoms with van der Waals surface area (Å²) in [6.45, 7) is 14.0. The van der Waals surface area contributed by atoms with E-state index in [2.05, 4.69) is 46.5 Å². The number of fused-ring (bicyclic) bond motifs is 6. The highest BCUT2D eigenvalue weighted by Crippen LogP contribution is 2.42. The lowest BCUT2D eigenvalue weighted by Gasteiger charge is -2.40. The molecule has 0 saturated carbocycles. The van der Waals surface area contributed by atoms with Crippen LogP contribution in [0.1, 0.15) is 96.0 Å². The molecule has 3 aromatic heterocycles. The monoisotopic (exact) mass is 870 g/mol. The molecule has 15 nitrogen and oxygen atoms in total. The zero-order valence-electron chi connectivity index (χ0n) is 37.3. The van der Waals surface area contributed by atoms with Gasteiger partial charge in [0.2, 0.25) is 11.6 Å². The SMILES string of the molecule is CCn1c(-c2cccnc2[C@H](C)OC)c2c3cc(ccc31)-c1csc(n1)C[C@H](NC(=O)[C@H](C(C)C)N(C)C(=O)N1CCCCC1)C(=O)N1CCC[C@@](O)(N1)C(=O)OCC(C)(C)C2. The van der Waals surface area contributed by atoms with Crippen LogP contribution in [-0.2, 0) is 43.2 Å². The molecule has 4 aromatic rings. The molecule has 0 spiro atoms. The molecule has 16 heteroatoms. The molecule has 1 aromatic carbocycles. The molecular formula is C46H62N8O7S. The Kier molecular flexibility index (Phi) is 13.4. The number of methoxy groups -OCH3 is 1. The fraction of sp³-hybridized carbons (Fsp3) is 0.565. The molecule has 2 fully saturated rings. The first-order valence-corrected chi connectivity index (χ1v) is 22.8. The van der Waals surface area contributed by atoms with Gasteiger partial charge in [0.25, 0.3) is 5.91 Å². The molecule has 4 atom stereocenters. The predicted octanol–water partition coefficient (Wildman–Crippen LogP) is 6.08. The Morgan fingerprint density at radius 2 is 1.87 bits per heavy atom. The highest BCUT2D eigenvalue weighted by Gasteiger charge is 2.45. The molecule has 0 unspecified atom stereocenters. The zero-order chi connectivity index (χ0) is 44.5. The quantitative estimate of drug-likeness (QED) is 0.176. The van der Waals surface area contributed by atoms with Crippen molar-refractivity contribution in [2.75, 3.05) is 40.4 Å². The second kappa shape index (κ2) is 18.4. The van der Waals surface area contributed by atoms with Crippen LogP contribution in [0.3, 0.4) is 0 Å². The molecule has 0 radical (unpaired) electrons. The van der Waals surface area contributed by atoms with E-state index >= 15 is 0 Å². The van der Waals surface area contributed by atoms with Gasteiger partial charge in [0, 0.05) is 92.2 Å². The van der Waals surface area contributed by atoms with Gasteiger partial charge in [-0.2, -0.15) is 5.43 Å². The maximum atomic E-state index is 14.6. The van der Waals surface area contributed by atoms with Crippen molar-refractivity contribution in [3.05, 3.63) is 58.2 Å². The molecule has 0 aliphatic carbocycles. The molecule has 2 saturated heterocycles. The van der Waals surface area contributed by atoms with Gasteiger partial charge in [-0.15, -0.1) is 11.3 Å². The van der Waals surface area contributed by atoms with Gasteiger partial charge in [-0.25, -0.2) is 14.6 Å². The number of aryl methyl sites for hydroxylation is 1. The first kappa shape index (κ1) is 45.1. The Bertz CT molecular complexity index is 2300. The summed E-state index contributed by atoms with van der Waals surface area (Å²) in [4.78, 5) is 69.5. The number of carbonyl (C=O) groups is 4. The number of carbonyl (C=O) groups excluding carboxylic acids is 4. The Morgan fingerprint density at radius 1 is 1.11 bits per heavy atom. The van der Waals surface area contributed by atoms with E-state index in [0.29, 0.717) is 37.5 Å². The van der Waals surface area contributed by atoms with Crippen molar-refractivity contribution in [3.63, 3.8) is 0 Å². The summed E-state index contributed by atoms with van der Waals surface area (Å²) in [5.41, 5.74) is 6.42. The zero-order valence-corrected chi connectivity index (χ0v) is 38.1. The third-order valence-electron chi connectivity index (χ3n) is 12.5. The number of urea groups is 1. The molecule has 3 N–H and O–H groups in total. The van der Waals surface area contributed by atoms with E-state index in [-0.39, 0.29) is 44.0 Å². The van der Waals surface area contributed by atoms with E-state index < -0.39 is 41.0 Å². The predicted molar refractivity (Wildman–Crippen MR) is 238 cm³/mol. The number of aliphatic hydroxyl groups is 1. The fourth-order valence-electron chi connectivity index (χ4n) is 9.21. The van der Waals surface area contributed by atoms with Gasteiger partial charge in [-0.05, 0) is 81.7 Å². The number of aromatic nitrogens is 3. The van der Waals surface area contributed by atoms with Crippen molar-refractivity contribution >= 4 is 46.1 Å². The third-order valence-corrected chi connectivity index (χ3v) is 13.4. The van der Waals surface area contributed by atoms with Crippen LogP contribution < -0.4 is 10.7 Å². The highest BCUT2D eigenvalue weighted by atomic mass is 32.1. The molecule has 4 amide bonds. The van der Waals surface area contributed by atoms with Crippen LogP contribution >= 0.6 is 11.3 Å². The van der Waals surface area contributed by atoms with E-state index in [1.165, 1.54) is 21.2 Å². The first-order valence-electron chi connectivity index (χ1n) is 21.9. The number of rotatable bonds is 8. The van der Waals surface area contributed by atoms with Gasteiger partial charge < -0.3 is 34.3 Å². The van der Waals surface area contributed by atoms with Crippen LogP contribution in [0.15, 0.2) is 41.9 Å². The van der Waals surface area contributed by atoms with Crippen molar-refractivity contribution in [2.45, 2.75) is 117 Å². The Morgan fingerprint density at radius 3 is 2.58 bits per heavy atom. The molecule has 6 bridgehead atoms. The molecule has 6 heterocycles. The van der Waals surface area contributed by atoms with Crippen molar-refractivity contribution in [1.82, 2.24) is 40.1 Å². The molecule has 62 heavy (non-hydrogen) atoms. The number of thiazole rings is 1. The third kappa shape index (κ3) is 9.10. The Balaban J connectivity index is 1.31. The number of pyridine rings is 1. The number of hydrogen-bond donors (Lipinski definition) is 3.